The summed E-state index contributed by atoms with van der Waals surface area (Å²) in [5.41, 5.74) is 2.04. The number of hydrogen-bond acceptors (Lipinski definition) is 4. The third-order valence-electron chi connectivity index (χ3n) is 4.04. The van der Waals surface area contributed by atoms with Gasteiger partial charge in [-0.05, 0) is 49.2 Å². The molecular formula is C19H23ClN2O4S. The number of aryl methyl sites for hydroxylation is 1. The molecule has 146 valence electrons. The molecule has 0 aromatic heterocycles. The highest BCUT2D eigenvalue weighted by Gasteiger charge is 2.31. The first-order valence-electron chi connectivity index (χ1n) is 8.29. The van der Waals surface area contributed by atoms with E-state index in [0.717, 1.165) is 21.7 Å². The molecule has 2 aromatic carbocycles. The molecule has 8 heteroatoms. The van der Waals surface area contributed by atoms with Gasteiger partial charge in [-0.2, -0.15) is 0 Å². The maximum atomic E-state index is 12.6. The Morgan fingerprint density at radius 2 is 1.85 bits per heavy atom. The van der Waals surface area contributed by atoms with Crippen molar-refractivity contribution < 1.29 is 17.9 Å². The third kappa shape index (κ3) is 5.37. The molecule has 1 atom stereocenters. The van der Waals surface area contributed by atoms with Crippen LogP contribution in [0.25, 0.3) is 0 Å². The fourth-order valence-electron chi connectivity index (χ4n) is 2.69. The summed E-state index contributed by atoms with van der Waals surface area (Å²) in [6.07, 6.45) is 1.07. The van der Waals surface area contributed by atoms with Crippen LogP contribution in [-0.4, -0.2) is 33.7 Å². The Balaban J connectivity index is 2.27. The summed E-state index contributed by atoms with van der Waals surface area (Å²) in [7, 11) is -2.27. The number of carbonyl (C=O) groups excluding carboxylic acids is 1. The van der Waals surface area contributed by atoms with Gasteiger partial charge in [-0.15, -0.1) is 0 Å². The number of rotatable bonds is 7. The monoisotopic (exact) mass is 410 g/mol. The lowest BCUT2D eigenvalue weighted by molar-refractivity contribution is -0.122. The maximum Gasteiger partial charge on any atom is 0.243 e. The lowest BCUT2D eigenvalue weighted by Gasteiger charge is -2.29. The normalized spacial score (nSPS) is 12.3. The summed E-state index contributed by atoms with van der Waals surface area (Å²) >= 11 is 5.85. The molecule has 0 unspecified atom stereocenters. The second kappa shape index (κ2) is 8.63. The lowest BCUT2D eigenvalue weighted by atomic mass is 10.2. The predicted molar refractivity (Wildman–Crippen MR) is 108 cm³/mol. The molecule has 6 nitrogen and oxygen atoms in total. The molecule has 0 heterocycles. The zero-order valence-electron chi connectivity index (χ0n) is 15.7. The fourth-order valence-corrected chi connectivity index (χ4v) is 3.99. The average molecular weight is 411 g/mol. The Bertz CT molecular complexity index is 914. The van der Waals surface area contributed by atoms with E-state index >= 15 is 0 Å². The molecule has 0 spiro atoms. The van der Waals surface area contributed by atoms with Crippen LogP contribution in [-0.2, 0) is 21.4 Å². The van der Waals surface area contributed by atoms with Crippen LogP contribution < -0.4 is 14.4 Å². The van der Waals surface area contributed by atoms with E-state index in [1.54, 1.807) is 43.3 Å². The van der Waals surface area contributed by atoms with Gasteiger partial charge in [-0.1, -0.05) is 29.8 Å². The van der Waals surface area contributed by atoms with Gasteiger partial charge in [0.15, 0.2) is 0 Å². The fraction of sp³-hybridized carbons (Fsp3) is 0.316. The number of methoxy groups -OCH3 is 1. The molecule has 0 saturated carbocycles. The summed E-state index contributed by atoms with van der Waals surface area (Å²) in [5.74, 6) is -0.0395. The van der Waals surface area contributed by atoms with Crippen LogP contribution in [0.2, 0.25) is 5.02 Å². The van der Waals surface area contributed by atoms with Crippen molar-refractivity contribution in [3.63, 3.8) is 0 Å². The zero-order chi connectivity index (χ0) is 20.2. The van der Waals surface area contributed by atoms with Crippen LogP contribution in [0.3, 0.4) is 0 Å². The average Bonchev–Trinajstić information content (AvgIpc) is 2.60. The summed E-state index contributed by atoms with van der Waals surface area (Å²) in [6, 6.07) is 11.3. The third-order valence-corrected chi connectivity index (χ3v) is 5.52. The number of anilines is 1. The van der Waals surface area contributed by atoms with Gasteiger partial charge in [0.25, 0.3) is 0 Å². The van der Waals surface area contributed by atoms with E-state index in [1.165, 1.54) is 7.11 Å². The van der Waals surface area contributed by atoms with Gasteiger partial charge in [0, 0.05) is 11.6 Å². The predicted octanol–water partition coefficient (Wildman–Crippen LogP) is 3.13. The minimum atomic E-state index is -3.73. The van der Waals surface area contributed by atoms with E-state index in [-0.39, 0.29) is 6.54 Å². The van der Waals surface area contributed by atoms with Crippen LogP contribution in [0.1, 0.15) is 18.1 Å². The summed E-state index contributed by atoms with van der Waals surface area (Å²) in [4.78, 5) is 12.6. The van der Waals surface area contributed by atoms with Crippen LogP contribution in [0, 0.1) is 6.92 Å². The number of hydrogen-bond donors (Lipinski definition) is 1. The number of sulfonamides is 1. The van der Waals surface area contributed by atoms with Gasteiger partial charge in [0.2, 0.25) is 15.9 Å². The number of amides is 1. The van der Waals surface area contributed by atoms with Crippen LogP contribution >= 0.6 is 11.6 Å². The minimum Gasteiger partial charge on any atom is -0.495 e. The topological polar surface area (TPSA) is 75.7 Å². The van der Waals surface area contributed by atoms with Gasteiger partial charge < -0.3 is 10.1 Å². The van der Waals surface area contributed by atoms with Crippen LogP contribution in [0.15, 0.2) is 42.5 Å². The molecule has 0 aliphatic rings. The molecule has 0 aliphatic carbocycles. The molecule has 1 N–H and O–H groups in total. The van der Waals surface area contributed by atoms with E-state index in [9.17, 15) is 13.2 Å². The number of nitrogens with one attached hydrogen (secondary N) is 1. The Hall–Kier alpha value is -2.25. The van der Waals surface area contributed by atoms with E-state index < -0.39 is 22.0 Å². The summed E-state index contributed by atoms with van der Waals surface area (Å²) < 4.78 is 31.3. The van der Waals surface area contributed by atoms with Crippen LogP contribution in [0.4, 0.5) is 5.69 Å². The van der Waals surface area contributed by atoms with E-state index in [2.05, 4.69) is 5.32 Å². The smallest absolute Gasteiger partial charge is 0.243 e. The van der Waals surface area contributed by atoms with Gasteiger partial charge in [0.1, 0.15) is 11.8 Å². The van der Waals surface area contributed by atoms with Gasteiger partial charge in [-0.25, -0.2) is 8.42 Å². The first-order chi connectivity index (χ1) is 12.6. The molecule has 0 bridgehead atoms. The summed E-state index contributed by atoms with van der Waals surface area (Å²) in [6.45, 7) is 3.65. The van der Waals surface area contributed by atoms with E-state index in [4.69, 9.17) is 16.3 Å². The quantitative estimate of drug-likeness (QED) is 0.760. The number of nitrogens with zero attached hydrogens (tertiary/aromatic N) is 1. The molecule has 0 aliphatic heterocycles. The number of halogens is 1. The largest absolute Gasteiger partial charge is 0.495 e. The molecule has 0 saturated heterocycles. The van der Waals surface area contributed by atoms with Crippen molar-refractivity contribution in [2.75, 3.05) is 17.7 Å². The Morgan fingerprint density at radius 1 is 1.22 bits per heavy atom. The number of benzene rings is 2. The number of carbonyl (C=O) groups is 1. The Morgan fingerprint density at radius 3 is 2.41 bits per heavy atom. The van der Waals surface area contributed by atoms with Gasteiger partial charge >= 0.3 is 0 Å². The molecule has 0 radical (unpaired) electrons. The first kappa shape index (κ1) is 21.1. The van der Waals surface area contributed by atoms with Gasteiger partial charge in [0.05, 0.1) is 19.1 Å². The molecule has 1 amide bonds. The van der Waals surface area contributed by atoms with Crippen molar-refractivity contribution in [2.45, 2.75) is 26.4 Å². The highest BCUT2D eigenvalue weighted by Crippen LogP contribution is 2.32. The van der Waals surface area contributed by atoms with Crippen molar-refractivity contribution >= 4 is 33.2 Å². The maximum absolute atomic E-state index is 12.6. The lowest BCUT2D eigenvalue weighted by Crippen LogP contribution is -2.47. The molecule has 27 heavy (non-hydrogen) atoms. The second-order valence-corrected chi connectivity index (χ2v) is 8.55. The highest BCUT2D eigenvalue weighted by atomic mass is 35.5. The van der Waals surface area contributed by atoms with E-state index in [1.807, 2.05) is 13.0 Å². The van der Waals surface area contributed by atoms with Crippen molar-refractivity contribution in [1.29, 1.82) is 0 Å². The SMILES string of the molecule is COc1ccc(C)cc1N([C@@H](C)C(=O)NCc1ccc(Cl)cc1)S(C)(=O)=O. The van der Waals surface area contributed by atoms with Crippen molar-refractivity contribution in [2.24, 2.45) is 0 Å². The standard InChI is InChI=1S/C19H23ClN2O4S/c1-13-5-10-18(26-3)17(11-13)22(27(4,24)25)14(2)19(23)21-12-15-6-8-16(20)9-7-15/h5-11,14H,12H2,1-4H3,(H,21,23)/t14-/m0/s1. The molecule has 2 rings (SSSR count). The number of ether oxygens (including phenoxy) is 1. The van der Waals surface area contributed by atoms with Crippen molar-refractivity contribution in [3.8, 4) is 5.75 Å². The highest BCUT2D eigenvalue weighted by molar-refractivity contribution is 7.92. The van der Waals surface area contributed by atoms with Crippen molar-refractivity contribution in [1.82, 2.24) is 5.32 Å². The van der Waals surface area contributed by atoms with Crippen LogP contribution in [0.5, 0.6) is 5.75 Å². The van der Waals surface area contributed by atoms with E-state index in [0.29, 0.717) is 16.5 Å². The Kier molecular flexibility index (Phi) is 6.73. The molecule has 0 fully saturated rings. The second-order valence-electron chi connectivity index (χ2n) is 6.25. The molecular weight excluding hydrogens is 388 g/mol. The summed E-state index contributed by atoms with van der Waals surface area (Å²) in [5, 5.41) is 3.37. The first-order valence-corrected chi connectivity index (χ1v) is 10.5. The van der Waals surface area contributed by atoms with Crippen molar-refractivity contribution in [3.05, 3.63) is 58.6 Å². The molecule has 2 aromatic rings. The Labute approximate surface area is 165 Å². The van der Waals surface area contributed by atoms with Gasteiger partial charge in [-0.3, -0.25) is 9.10 Å². The minimum absolute atomic E-state index is 0.267. The zero-order valence-corrected chi connectivity index (χ0v) is 17.3.